The van der Waals surface area contributed by atoms with E-state index in [0.29, 0.717) is 6.04 Å². The average Bonchev–Trinajstić information content (AvgIpc) is 3.09. The molecule has 132 valence electrons. The van der Waals surface area contributed by atoms with Gasteiger partial charge in [0.1, 0.15) is 0 Å². The smallest absolute Gasteiger partial charge is 0.166 e. The predicted octanol–water partition coefficient (Wildman–Crippen LogP) is 3.83. The molecule has 1 heterocycles. The van der Waals surface area contributed by atoms with Crippen LogP contribution in [0.3, 0.4) is 0 Å². The van der Waals surface area contributed by atoms with Crippen molar-refractivity contribution in [3.8, 4) is 0 Å². The summed E-state index contributed by atoms with van der Waals surface area (Å²) in [4.78, 5) is 2.54. The van der Waals surface area contributed by atoms with Crippen LogP contribution in [0.25, 0.3) is 0 Å². The molecule has 1 saturated heterocycles. The lowest BCUT2D eigenvalue weighted by Gasteiger charge is -2.30. The molecule has 2 fully saturated rings. The Labute approximate surface area is 152 Å². The summed E-state index contributed by atoms with van der Waals surface area (Å²) in [5, 5.41) is 7.68. The number of hydrogen-bond donors (Lipinski definition) is 2. The van der Waals surface area contributed by atoms with E-state index in [2.05, 4.69) is 46.7 Å². The van der Waals surface area contributed by atoms with Gasteiger partial charge >= 0.3 is 0 Å². The maximum Gasteiger partial charge on any atom is 0.166 e. The quantitative estimate of drug-likeness (QED) is 0.793. The van der Waals surface area contributed by atoms with Gasteiger partial charge in [0.05, 0.1) is 0 Å². The van der Waals surface area contributed by atoms with Gasteiger partial charge in [-0.05, 0) is 68.0 Å². The maximum atomic E-state index is 5.48. The number of likely N-dealkylation sites (tertiary alicyclic amines) is 1. The highest BCUT2D eigenvalue weighted by atomic mass is 32.1. The lowest BCUT2D eigenvalue weighted by atomic mass is 9.86. The van der Waals surface area contributed by atoms with Gasteiger partial charge < -0.3 is 10.6 Å². The van der Waals surface area contributed by atoms with Crippen molar-refractivity contribution in [3.05, 3.63) is 35.4 Å². The molecule has 0 amide bonds. The van der Waals surface area contributed by atoms with Crippen LogP contribution in [0.4, 0.5) is 0 Å². The summed E-state index contributed by atoms with van der Waals surface area (Å²) in [6, 6.07) is 9.51. The van der Waals surface area contributed by atoms with E-state index in [1.807, 2.05) is 0 Å². The number of nitrogens with one attached hydrogen (secondary N) is 2. The molecule has 1 saturated carbocycles. The van der Waals surface area contributed by atoms with E-state index in [4.69, 9.17) is 12.2 Å². The molecule has 2 atom stereocenters. The molecule has 1 aliphatic carbocycles. The standard InChI is InChI=1S/C20H31N3S/c1-16-6-2-3-7-19(16)22-20(24)21-14-17-8-10-18(11-9-17)15-23-12-4-5-13-23/h8-11,16,19H,2-7,12-15H2,1H3,(H2,21,22,24)/t16-,19-/m0/s1. The van der Waals surface area contributed by atoms with Crippen LogP contribution in [0.2, 0.25) is 0 Å². The minimum atomic E-state index is 0.543. The van der Waals surface area contributed by atoms with Gasteiger partial charge in [0.2, 0.25) is 0 Å². The Morgan fingerprint density at radius 3 is 2.42 bits per heavy atom. The van der Waals surface area contributed by atoms with Crippen LogP contribution in [-0.4, -0.2) is 29.1 Å². The number of rotatable bonds is 5. The van der Waals surface area contributed by atoms with Crippen molar-refractivity contribution in [1.29, 1.82) is 0 Å². The summed E-state index contributed by atoms with van der Waals surface area (Å²) in [5.74, 6) is 0.725. The Hall–Kier alpha value is -1.13. The second kappa shape index (κ2) is 8.82. The van der Waals surface area contributed by atoms with Gasteiger partial charge in [0, 0.05) is 19.1 Å². The number of hydrogen-bond acceptors (Lipinski definition) is 2. The Kier molecular flexibility index (Phi) is 6.50. The van der Waals surface area contributed by atoms with Crippen LogP contribution in [0.15, 0.2) is 24.3 Å². The van der Waals surface area contributed by atoms with Crippen molar-refractivity contribution < 1.29 is 0 Å². The normalized spacial score (nSPS) is 24.7. The molecule has 4 heteroatoms. The molecule has 2 N–H and O–H groups in total. The van der Waals surface area contributed by atoms with Crippen molar-refractivity contribution in [2.24, 2.45) is 5.92 Å². The van der Waals surface area contributed by atoms with Gasteiger partial charge in [-0.1, -0.05) is 44.0 Å². The Morgan fingerprint density at radius 2 is 1.71 bits per heavy atom. The molecule has 2 aliphatic rings. The average molecular weight is 346 g/mol. The van der Waals surface area contributed by atoms with E-state index in [0.717, 1.165) is 24.1 Å². The third-order valence-corrected chi connectivity index (χ3v) is 5.77. The van der Waals surface area contributed by atoms with Gasteiger partial charge in [0.15, 0.2) is 5.11 Å². The highest BCUT2D eigenvalue weighted by molar-refractivity contribution is 7.80. The molecular formula is C20H31N3S. The molecular weight excluding hydrogens is 314 g/mol. The molecule has 0 aromatic heterocycles. The fraction of sp³-hybridized carbons (Fsp3) is 0.650. The van der Waals surface area contributed by atoms with Crippen LogP contribution in [0, 0.1) is 5.92 Å². The summed E-state index contributed by atoms with van der Waals surface area (Å²) in [6.45, 7) is 6.73. The molecule has 0 unspecified atom stereocenters. The highest BCUT2D eigenvalue weighted by Crippen LogP contribution is 2.23. The fourth-order valence-corrected chi connectivity index (χ4v) is 4.12. The fourth-order valence-electron chi connectivity index (χ4n) is 3.89. The molecule has 3 nitrogen and oxygen atoms in total. The first-order chi connectivity index (χ1) is 11.7. The van der Waals surface area contributed by atoms with Crippen molar-refractivity contribution >= 4 is 17.3 Å². The van der Waals surface area contributed by atoms with Crippen molar-refractivity contribution in [1.82, 2.24) is 15.5 Å². The Bertz CT molecular complexity index is 522. The first-order valence-corrected chi connectivity index (χ1v) is 9.96. The minimum absolute atomic E-state index is 0.543. The number of benzene rings is 1. The van der Waals surface area contributed by atoms with E-state index in [-0.39, 0.29) is 0 Å². The van der Waals surface area contributed by atoms with Gasteiger partial charge in [-0.25, -0.2) is 0 Å². The van der Waals surface area contributed by atoms with E-state index in [1.54, 1.807) is 0 Å². The van der Waals surface area contributed by atoms with Gasteiger partial charge in [-0.15, -0.1) is 0 Å². The van der Waals surface area contributed by atoms with Crippen molar-refractivity contribution in [2.75, 3.05) is 13.1 Å². The summed E-state index contributed by atoms with van der Waals surface area (Å²) in [7, 11) is 0. The predicted molar refractivity (Wildman–Crippen MR) is 105 cm³/mol. The summed E-state index contributed by atoms with van der Waals surface area (Å²) in [6.07, 6.45) is 7.96. The summed E-state index contributed by atoms with van der Waals surface area (Å²) >= 11 is 5.48. The van der Waals surface area contributed by atoms with Crippen LogP contribution >= 0.6 is 12.2 Å². The minimum Gasteiger partial charge on any atom is -0.360 e. The Balaban J connectivity index is 1.41. The second-order valence-corrected chi connectivity index (χ2v) is 7.90. The first kappa shape index (κ1) is 17.7. The van der Waals surface area contributed by atoms with Crippen molar-refractivity contribution in [2.45, 2.75) is 64.6 Å². The Morgan fingerprint density at radius 1 is 1.04 bits per heavy atom. The molecule has 1 aromatic carbocycles. The molecule has 1 aromatic rings. The third-order valence-electron chi connectivity index (χ3n) is 5.51. The zero-order valence-electron chi connectivity index (χ0n) is 14.9. The van der Waals surface area contributed by atoms with Gasteiger partial charge in [0.25, 0.3) is 0 Å². The molecule has 24 heavy (non-hydrogen) atoms. The maximum absolute atomic E-state index is 5.48. The van der Waals surface area contributed by atoms with Gasteiger partial charge in [-0.2, -0.15) is 0 Å². The monoisotopic (exact) mass is 345 g/mol. The second-order valence-electron chi connectivity index (χ2n) is 7.50. The van der Waals surface area contributed by atoms with Crippen LogP contribution in [-0.2, 0) is 13.1 Å². The molecule has 3 rings (SSSR count). The molecule has 0 radical (unpaired) electrons. The zero-order chi connectivity index (χ0) is 16.8. The van der Waals surface area contributed by atoms with Gasteiger partial charge in [-0.3, -0.25) is 4.90 Å². The number of nitrogens with zero attached hydrogens (tertiary/aromatic N) is 1. The van der Waals surface area contributed by atoms with E-state index in [9.17, 15) is 0 Å². The first-order valence-electron chi connectivity index (χ1n) is 9.55. The third kappa shape index (κ3) is 5.18. The van der Waals surface area contributed by atoms with Crippen molar-refractivity contribution in [3.63, 3.8) is 0 Å². The number of thiocarbonyl (C=S) groups is 1. The summed E-state index contributed by atoms with van der Waals surface area (Å²) in [5.41, 5.74) is 2.71. The van der Waals surface area contributed by atoms with Crippen LogP contribution < -0.4 is 10.6 Å². The SMILES string of the molecule is C[C@H]1CCCC[C@@H]1NC(=S)NCc1ccc(CN2CCCC2)cc1. The zero-order valence-corrected chi connectivity index (χ0v) is 15.7. The lowest BCUT2D eigenvalue weighted by Crippen LogP contribution is -2.45. The molecule has 0 bridgehead atoms. The van der Waals surface area contributed by atoms with E-state index >= 15 is 0 Å². The van der Waals surface area contributed by atoms with Crippen LogP contribution in [0.5, 0.6) is 0 Å². The van der Waals surface area contributed by atoms with Crippen LogP contribution in [0.1, 0.15) is 56.6 Å². The van der Waals surface area contributed by atoms with E-state index in [1.165, 1.54) is 62.7 Å². The largest absolute Gasteiger partial charge is 0.360 e. The topological polar surface area (TPSA) is 27.3 Å². The molecule has 1 aliphatic heterocycles. The van der Waals surface area contributed by atoms with E-state index < -0.39 is 0 Å². The lowest BCUT2D eigenvalue weighted by molar-refractivity contribution is 0.308. The summed E-state index contributed by atoms with van der Waals surface area (Å²) < 4.78 is 0. The molecule has 0 spiro atoms. The highest BCUT2D eigenvalue weighted by Gasteiger charge is 2.21.